The smallest absolute Gasteiger partial charge is 0.337 e. The molecule has 0 aliphatic rings. The number of benzene rings is 2. The van der Waals surface area contributed by atoms with Crippen LogP contribution in [0.1, 0.15) is 20.7 Å². The number of nitrogens with two attached hydrogens (primary N) is 2. The number of aromatic carboxylic acids is 1. The minimum Gasteiger partial charge on any atom is -0.478 e. The summed E-state index contributed by atoms with van der Waals surface area (Å²) in [6.07, 6.45) is 0.791. The monoisotopic (exact) mass is 258 g/mol. The maximum Gasteiger partial charge on any atom is 0.337 e. The van der Waals surface area contributed by atoms with Crippen LogP contribution >= 0.6 is 0 Å². The summed E-state index contributed by atoms with van der Waals surface area (Å²) >= 11 is 0. The van der Waals surface area contributed by atoms with Crippen molar-refractivity contribution in [3.8, 4) is 0 Å². The Balaban J connectivity index is 0.000000191. The summed E-state index contributed by atoms with van der Waals surface area (Å²) in [6.45, 7) is 0. The second-order valence-electron chi connectivity index (χ2n) is 3.68. The van der Waals surface area contributed by atoms with E-state index in [9.17, 15) is 9.59 Å². The highest BCUT2D eigenvalue weighted by atomic mass is 16.4. The molecule has 2 aromatic rings. The number of carboxylic acids is 1. The first-order chi connectivity index (χ1) is 9.04. The molecule has 5 nitrogen and oxygen atoms in total. The lowest BCUT2D eigenvalue weighted by molar-refractivity contribution is 0.0698. The van der Waals surface area contributed by atoms with Crippen LogP contribution in [0.25, 0.3) is 0 Å². The normalized spacial score (nSPS) is 9.05. The lowest BCUT2D eigenvalue weighted by Crippen LogP contribution is -2.00. The van der Waals surface area contributed by atoms with Crippen molar-refractivity contribution in [3.63, 3.8) is 0 Å². The summed E-state index contributed by atoms with van der Waals surface area (Å²) in [5, 5.41) is 8.49. The highest BCUT2D eigenvalue weighted by Crippen LogP contribution is 2.09. The van der Waals surface area contributed by atoms with Gasteiger partial charge in [0.1, 0.15) is 6.29 Å². The van der Waals surface area contributed by atoms with Gasteiger partial charge in [0.25, 0.3) is 0 Å². The number of rotatable bonds is 2. The van der Waals surface area contributed by atoms with Crippen LogP contribution in [0.5, 0.6) is 0 Å². The zero-order chi connectivity index (χ0) is 14.3. The Morgan fingerprint density at radius 1 is 1.00 bits per heavy atom. The van der Waals surface area contributed by atoms with E-state index < -0.39 is 5.97 Å². The van der Waals surface area contributed by atoms with E-state index in [4.69, 9.17) is 16.6 Å². The molecule has 0 fully saturated rings. The van der Waals surface area contributed by atoms with Gasteiger partial charge in [0.2, 0.25) is 0 Å². The summed E-state index contributed by atoms with van der Waals surface area (Å²) < 4.78 is 0. The van der Waals surface area contributed by atoms with Crippen molar-refractivity contribution in [2.24, 2.45) is 0 Å². The van der Waals surface area contributed by atoms with Gasteiger partial charge in [-0.25, -0.2) is 4.79 Å². The number of nitrogen functional groups attached to an aromatic ring is 2. The second kappa shape index (κ2) is 6.80. The fourth-order valence-corrected chi connectivity index (χ4v) is 1.27. The molecule has 0 atom stereocenters. The highest BCUT2D eigenvalue weighted by molar-refractivity contribution is 5.93. The number of hydrogen-bond acceptors (Lipinski definition) is 4. The van der Waals surface area contributed by atoms with Crippen molar-refractivity contribution in [2.75, 3.05) is 11.5 Å². The van der Waals surface area contributed by atoms with E-state index in [0.717, 1.165) is 6.29 Å². The van der Waals surface area contributed by atoms with E-state index in [2.05, 4.69) is 0 Å². The molecule has 0 saturated carbocycles. The molecular weight excluding hydrogens is 244 g/mol. The zero-order valence-corrected chi connectivity index (χ0v) is 10.1. The van der Waals surface area contributed by atoms with Crippen LogP contribution in [0.4, 0.5) is 11.4 Å². The number of carbonyl (C=O) groups excluding carboxylic acids is 1. The number of hydrogen-bond donors (Lipinski definition) is 3. The Hall–Kier alpha value is -2.82. The van der Waals surface area contributed by atoms with E-state index in [1.165, 1.54) is 6.07 Å². The van der Waals surface area contributed by atoms with Crippen LogP contribution in [0.3, 0.4) is 0 Å². The van der Waals surface area contributed by atoms with Gasteiger partial charge in [-0.3, -0.25) is 4.79 Å². The van der Waals surface area contributed by atoms with E-state index in [1.807, 2.05) is 0 Å². The summed E-state index contributed by atoms with van der Waals surface area (Å²) in [6, 6.07) is 13.1. The maximum atomic E-state index is 10.3. The average Bonchev–Trinajstić information content (AvgIpc) is 2.40. The number of anilines is 2. The first-order valence-corrected chi connectivity index (χ1v) is 5.43. The molecule has 0 radical (unpaired) electrons. The van der Waals surface area contributed by atoms with Crippen molar-refractivity contribution in [2.45, 2.75) is 0 Å². The SMILES string of the molecule is Nc1ccc(C=O)cc1.Nc1ccccc1C(=O)O. The molecule has 0 aliphatic heterocycles. The van der Waals surface area contributed by atoms with Crippen molar-refractivity contribution >= 4 is 23.6 Å². The number of aldehydes is 1. The third-order valence-corrected chi connectivity index (χ3v) is 2.26. The standard InChI is InChI=1S/C7H7NO2.C7H7NO/c8-6-4-2-1-3-5(6)7(9)10;8-7-3-1-6(5-9)2-4-7/h1-4H,8H2,(H,9,10);1-5H,8H2. The molecule has 5 N–H and O–H groups in total. The van der Waals surface area contributed by atoms with Gasteiger partial charge < -0.3 is 16.6 Å². The molecule has 5 heteroatoms. The first kappa shape index (κ1) is 14.2. The van der Waals surface area contributed by atoms with Crippen molar-refractivity contribution in [1.29, 1.82) is 0 Å². The molecule has 0 unspecified atom stereocenters. The summed E-state index contributed by atoms with van der Waals surface area (Å²) in [5.41, 5.74) is 12.5. The molecule has 0 spiro atoms. The molecule has 2 aromatic carbocycles. The van der Waals surface area contributed by atoms with Crippen LogP contribution in [0, 0.1) is 0 Å². The predicted molar refractivity (Wildman–Crippen MR) is 74.1 cm³/mol. The fraction of sp³-hybridized carbons (Fsp3) is 0. The van der Waals surface area contributed by atoms with Gasteiger partial charge in [-0.05, 0) is 36.4 Å². The molecule has 0 saturated heterocycles. The largest absolute Gasteiger partial charge is 0.478 e. The molecule has 0 aliphatic carbocycles. The third kappa shape index (κ3) is 4.51. The molecule has 98 valence electrons. The van der Waals surface area contributed by atoms with E-state index in [0.29, 0.717) is 16.9 Å². The number of para-hydroxylation sites is 1. The summed E-state index contributed by atoms with van der Waals surface area (Å²) in [4.78, 5) is 20.4. The van der Waals surface area contributed by atoms with E-state index in [-0.39, 0.29) is 5.56 Å². The molecule has 0 aromatic heterocycles. The van der Waals surface area contributed by atoms with E-state index >= 15 is 0 Å². The van der Waals surface area contributed by atoms with Gasteiger partial charge in [-0.1, -0.05) is 12.1 Å². The Bertz CT molecular complexity index is 565. The maximum absolute atomic E-state index is 10.3. The third-order valence-electron chi connectivity index (χ3n) is 2.26. The first-order valence-electron chi connectivity index (χ1n) is 5.43. The van der Waals surface area contributed by atoms with Crippen LogP contribution in [-0.4, -0.2) is 17.4 Å². The molecular formula is C14H14N2O3. The highest BCUT2D eigenvalue weighted by Gasteiger charge is 2.03. The molecule has 2 rings (SSSR count). The Kier molecular flexibility index (Phi) is 5.10. The van der Waals surface area contributed by atoms with E-state index in [1.54, 1.807) is 42.5 Å². The van der Waals surface area contributed by atoms with Gasteiger partial charge in [0.15, 0.2) is 0 Å². The molecule has 0 amide bonds. The van der Waals surface area contributed by atoms with Crippen LogP contribution in [0.15, 0.2) is 48.5 Å². The zero-order valence-electron chi connectivity index (χ0n) is 10.1. The molecule has 19 heavy (non-hydrogen) atoms. The average molecular weight is 258 g/mol. The molecule has 0 bridgehead atoms. The van der Waals surface area contributed by atoms with Crippen molar-refractivity contribution < 1.29 is 14.7 Å². The van der Waals surface area contributed by atoms with Gasteiger partial charge in [0.05, 0.1) is 5.56 Å². The number of carbonyl (C=O) groups is 2. The van der Waals surface area contributed by atoms with Crippen LogP contribution in [0.2, 0.25) is 0 Å². The topological polar surface area (TPSA) is 106 Å². The summed E-state index contributed by atoms with van der Waals surface area (Å²) in [7, 11) is 0. The van der Waals surface area contributed by atoms with Gasteiger partial charge >= 0.3 is 5.97 Å². The Morgan fingerprint density at radius 3 is 2.00 bits per heavy atom. The lowest BCUT2D eigenvalue weighted by atomic mass is 10.2. The van der Waals surface area contributed by atoms with Crippen LogP contribution in [-0.2, 0) is 0 Å². The Morgan fingerprint density at radius 2 is 1.58 bits per heavy atom. The molecule has 0 heterocycles. The van der Waals surface area contributed by atoms with Gasteiger partial charge in [0, 0.05) is 16.9 Å². The van der Waals surface area contributed by atoms with Crippen LogP contribution < -0.4 is 11.5 Å². The van der Waals surface area contributed by atoms with Gasteiger partial charge in [-0.2, -0.15) is 0 Å². The second-order valence-corrected chi connectivity index (χ2v) is 3.68. The Labute approximate surface area is 110 Å². The number of carboxylic acid groups (broad SMARTS) is 1. The predicted octanol–water partition coefficient (Wildman–Crippen LogP) is 2.05. The minimum absolute atomic E-state index is 0.155. The quantitative estimate of drug-likeness (QED) is 0.564. The minimum atomic E-state index is -0.988. The van der Waals surface area contributed by atoms with Gasteiger partial charge in [-0.15, -0.1) is 0 Å². The van der Waals surface area contributed by atoms with Crippen molar-refractivity contribution in [3.05, 3.63) is 59.7 Å². The fourth-order valence-electron chi connectivity index (χ4n) is 1.27. The lowest BCUT2D eigenvalue weighted by Gasteiger charge is -1.96. The summed E-state index contributed by atoms with van der Waals surface area (Å²) in [5.74, 6) is -0.988. The van der Waals surface area contributed by atoms with Crippen molar-refractivity contribution in [1.82, 2.24) is 0 Å².